The molecule has 0 spiro atoms. The zero-order chi connectivity index (χ0) is 20.9. The lowest BCUT2D eigenvalue weighted by Crippen LogP contribution is -2.27. The number of hydrogen-bond donors (Lipinski definition) is 2. The predicted molar refractivity (Wildman–Crippen MR) is 109 cm³/mol. The maximum atomic E-state index is 12.5. The Balaban J connectivity index is 1.68. The van der Waals surface area contributed by atoms with E-state index in [1.165, 1.54) is 12.1 Å². The Hall–Kier alpha value is -3.14. The number of amides is 1. The molecule has 0 atom stereocenters. The van der Waals surface area contributed by atoms with Gasteiger partial charge in [0.15, 0.2) is 0 Å². The summed E-state index contributed by atoms with van der Waals surface area (Å²) in [6.45, 7) is 1.77. The Morgan fingerprint density at radius 2 is 1.90 bits per heavy atom. The maximum Gasteiger partial charge on any atom is 0.293 e. The smallest absolute Gasteiger partial charge is 0.293 e. The highest BCUT2D eigenvalue weighted by molar-refractivity contribution is 7.92. The second kappa shape index (κ2) is 8.91. The topological polar surface area (TPSA) is 122 Å². The number of sulfonamides is 1. The lowest BCUT2D eigenvalue weighted by Gasteiger charge is -2.15. The van der Waals surface area contributed by atoms with Crippen molar-refractivity contribution >= 4 is 33.0 Å². The van der Waals surface area contributed by atoms with E-state index >= 15 is 0 Å². The summed E-state index contributed by atoms with van der Waals surface area (Å²) in [5.41, 5.74) is 0.286. The molecule has 1 heterocycles. The number of likely N-dealkylation sites (tertiary alicyclic amines) is 1. The Labute approximate surface area is 168 Å². The molecule has 9 nitrogen and oxygen atoms in total. The molecule has 1 amide bonds. The molecular weight excluding hydrogens is 396 g/mol. The van der Waals surface area contributed by atoms with Crippen LogP contribution >= 0.6 is 0 Å². The summed E-state index contributed by atoms with van der Waals surface area (Å²) in [5.74, 6) is 0.136. The van der Waals surface area contributed by atoms with Crippen LogP contribution in [-0.2, 0) is 14.8 Å². The van der Waals surface area contributed by atoms with Gasteiger partial charge in [0.1, 0.15) is 5.69 Å². The number of hydrogen-bond acceptors (Lipinski definition) is 6. The minimum absolute atomic E-state index is 0.136. The summed E-state index contributed by atoms with van der Waals surface area (Å²) in [5, 5.41) is 14.4. The molecule has 1 aliphatic rings. The number of nitrogens with zero attached hydrogens (tertiary/aromatic N) is 2. The fourth-order valence-corrected chi connectivity index (χ4v) is 4.21. The van der Waals surface area contributed by atoms with E-state index in [4.69, 9.17) is 0 Å². The van der Waals surface area contributed by atoms with Crippen molar-refractivity contribution in [3.05, 3.63) is 58.6 Å². The van der Waals surface area contributed by atoms with E-state index in [2.05, 4.69) is 10.0 Å². The van der Waals surface area contributed by atoms with Crippen LogP contribution in [0, 0.1) is 10.1 Å². The number of nitrogens with one attached hydrogen (secondary N) is 2. The van der Waals surface area contributed by atoms with Crippen LogP contribution in [0.3, 0.4) is 0 Å². The van der Waals surface area contributed by atoms with Crippen molar-refractivity contribution in [2.24, 2.45) is 0 Å². The molecule has 0 saturated carbocycles. The zero-order valence-corrected chi connectivity index (χ0v) is 16.5. The normalized spacial score (nSPS) is 14.1. The average Bonchev–Trinajstić information content (AvgIpc) is 3.10. The number of anilines is 2. The van der Waals surface area contributed by atoms with Crippen molar-refractivity contribution in [3.63, 3.8) is 0 Å². The molecule has 0 unspecified atom stereocenters. The highest BCUT2D eigenvalue weighted by Crippen LogP contribution is 2.28. The van der Waals surface area contributed by atoms with Crippen molar-refractivity contribution in [2.45, 2.75) is 24.2 Å². The molecule has 2 N–H and O–H groups in total. The molecule has 10 heteroatoms. The molecule has 0 aromatic heterocycles. The fraction of sp³-hybridized carbons (Fsp3) is 0.316. The third kappa shape index (κ3) is 5.23. The Morgan fingerprint density at radius 1 is 1.14 bits per heavy atom. The third-order valence-corrected chi connectivity index (χ3v) is 5.97. The van der Waals surface area contributed by atoms with Crippen LogP contribution in [0.15, 0.2) is 53.4 Å². The molecule has 1 aliphatic heterocycles. The molecule has 0 bridgehead atoms. The number of rotatable bonds is 9. The van der Waals surface area contributed by atoms with Crippen LogP contribution in [-0.4, -0.2) is 43.8 Å². The number of nitro groups is 1. The van der Waals surface area contributed by atoms with Gasteiger partial charge in [0.25, 0.3) is 15.7 Å². The summed E-state index contributed by atoms with van der Waals surface area (Å²) >= 11 is 0. The van der Waals surface area contributed by atoms with Gasteiger partial charge >= 0.3 is 0 Å². The first-order chi connectivity index (χ1) is 13.9. The van der Waals surface area contributed by atoms with Crippen LogP contribution in [0.4, 0.5) is 17.1 Å². The zero-order valence-electron chi connectivity index (χ0n) is 15.7. The van der Waals surface area contributed by atoms with Crippen molar-refractivity contribution in [1.82, 2.24) is 4.90 Å². The number of nitro benzene ring substituents is 1. The fourth-order valence-electron chi connectivity index (χ4n) is 3.13. The summed E-state index contributed by atoms with van der Waals surface area (Å²) in [4.78, 5) is 24.0. The Kier molecular flexibility index (Phi) is 6.32. The molecule has 1 saturated heterocycles. The van der Waals surface area contributed by atoms with Crippen molar-refractivity contribution in [2.75, 3.05) is 29.7 Å². The first-order valence-electron chi connectivity index (χ1n) is 9.25. The molecule has 2 aromatic carbocycles. The van der Waals surface area contributed by atoms with Gasteiger partial charge in [0.05, 0.1) is 9.82 Å². The van der Waals surface area contributed by atoms with Gasteiger partial charge in [-0.05, 0) is 37.1 Å². The molecule has 3 rings (SSSR count). The maximum absolute atomic E-state index is 12.5. The molecule has 2 aromatic rings. The van der Waals surface area contributed by atoms with Crippen LogP contribution < -0.4 is 10.0 Å². The summed E-state index contributed by atoms with van der Waals surface area (Å²) in [7, 11) is -3.95. The second-order valence-corrected chi connectivity index (χ2v) is 8.35. The lowest BCUT2D eigenvalue weighted by atomic mass is 10.2. The monoisotopic (exact) mass is 418 g/mol. The van der Waals surface area contributed by atoms with E-state index < -0.39 is 14.9 Å². The van der Waals surface area contributed by atoms with Crippen LogP contribution in [0.1, 0.15) is 19.3 Å². The van der Waals surface area contributed by atoms with Crippen LogP contribution in [0.5, 0.6) is 0 Å². The van der Waals surface area contributed by atoms with E-state index in [1.54, 1.807) is 35.2 Å². The van der Waals surface area contributed by atoms with Crippen molar-refractivity contribution in [1.29, 1.82) is 0 Å². The second-order valence-electron chi connectivity index (χ2n) is 6.67. The van der Waals surface area contributed by atoms with Gasteiger partial charge in [0, 0.05) is 37.8 Å². The summed E-state index contributed by atoms with van der Waals surface area (Å²) in [6.07, 6.45) is 2.08. The van der Waals surface area contributed by atoms with Crippen LogP contribution in [0.2, 0.25) is 0 Å². The quantitative estimate of drug-likeness (QED) is 0.367. The number of para-hydroxylation sites is 1. The number of carbonyl (C=O) groups excluding carboxylic acids is 1. The highest BCUT2D eigenvalue weighted by Gasteiger charge is 2.22. The lowest BCUT2D eigenvalue weighted by molar-refractivity contribution is -0.384. The molecular formula is C19H22N4O5S. The largest absolute Gasteiger partial charge is 0.379 e. The van der Waals surface area contributed by atoms with Gasteiger partial charge in [-0.1, -0.05) is 18.2 Å². The van der Waals surface area contributed by atoms with E-state index in [-0.39, 0.29) is 22.2 Å². The minimum atomic E-state index is -3.95. The Bertz CT molecular complexity index is 995. The van der Waals surface area contributed by atoms with E-state index in [1.807, 2.05) is 0 Å². The third-order valence-electron chi connectivity index (χ3n) is 4.59. The first-order valence-corrected chi connectivity index (χ1v) is 10.7. The first kappa shape index (κ1) is 20.6. The molecule has 154 valence electrons. The molecule has 0 radical (unpaired) electrons. The van der Waals surface area contributed by atoms with Gasteiger partial charge in [0.2, 0.25) is 5.91 Å². The average molecular weight is 418 g/mol. The molecule has 1 fully saturated rings. The minimum Gasteiger partial charge on any atom is -0.379 e. The van der Waals surface area contributed by atoms with Crippen molar-refractivity contribution < 1.29 is 18.1 Å². The standard InChI is InChI=1S/C19H22N4O5S/c24-19-8-4-12-22(19)13-5-11-20-17-10-9-16(14-18(17)23(25)26)29(27,28)21-15-6-2-1-3-7-15/h1-3,6-7,9-10,14,20-21H,4-5,8,11-13H2. The summed E-state index contributed by atoms with van der Waals surface area (Å²) in [6, 6.07) is 12.1. The SMILES string of the molecule is O=C1CCCN1CCCNc1ccc(S(=O)(=O)Nc2ccccc2)cc1[N+](=O)[O-]. The number of carbonyl (C=O) groups is 1. The molecule has 0 aliphatic carbocycles. The van der Waals surface area contributed by atoms with Gasteiger partial charge in [-0.25, -0.2) is 8.42 Å². The summed E-state index contributed by atoms with van der Waals surface area (Å²) < 4.78 is 27.5. The number of benzene rings is 2. The molecule has 29 heavy (non-hydrogen) atoms. The Morgan fingerprint density at radius 3 is 2.55 bits per heavy atom. The van der Waals surface area contributed by atoms with Crippen molar-refractivity contribution in [3.8, 4) is 0 Å². The van der Waals surface area contributed by atoms with Gasteiger partial charge in [-0.2, -0.15) is 0 Å². The van der Waals surface area contributed by atoms with Gasteiger partial charge in [-0.3, -0.25) is 19.6 Å². The van der Waals surface area contributed by atoms with E-state index in [0.29, 0.717) is 31.6 Å². The van der Waals surface area contributed by atoms with Crippen LogP contribution in [0.25, 0.3) is 0 Å². The van der Waals surface area contributed by atoms with Gasteiger partial charge in [-0.15, -0.1) is 0 Å². The predicted octanol–water partition coefficient (Wildman–Crippen LogP) is 2.82. The highest BCUT2D eigenvalue weighted by atomic mass is 32.2. The van der Waals surface area contributed by atoms with E-state index in [0.717, 1.165) is 19.0 Å². The van der Waals surface area contributed by atoms with Gasteiger partial charge < -0.3 is 10.2 Å². The van der Waals surface area contributed by atoms with E-state index in [9.17, 15) is 23.3 Å².